The van der Waals surface area contributed by atoms with Gasteiger partial charge < -0.3 is 5.11 Å². The minimum absolute atomic E-state index is 0.0645. The highest BCUT2D eigenvalue weighted by molar-refractivity contribution is 5.92. The van der Waals surface area contributed by atoms with Gasteiger partial charge in [-0.05, 0) is 112 Å². The van der Waals surface area contributed by atoms with Gasteiger partial charge in [0.15, 0.2) is 0 Å². The zero-order chi connectivity index (χ0) is 22.2. The van der Waals surface area contributed by atoms with E-state index in [1.165, 1.54) is 36.8 Å². The molecule has 4 fully saturated rings. The monoisotopic (exact) mass is 424 g/mol. The standard InChI is InChI=1S/C29H44O2/c1-18(2)7-6-8-19(3)21-10-11-22-20-9-12-24-27(4,14-13-25(30)29(24)15-16-29)23(20)17-26(31)28(21,22)5/h7,12,19-23,26,31H,6,8-11,13-17H2,1-5H3/t19-,20+,21-,22+,23+,26-,27-,28-/m1/s1. The highest BCUT2D eigenvalue weighted by Crippen LogP contribution is 2.72. The Morgan fingerprint density at radius 3 is 2.61 bits per heavy atom. The summed E-state index contributed by atoms with van der Waals surface area (Å²) in [6.07, 6.45) is 15.7. The zero-order valence-electron chi connectivity index (χ0n) is 20.5. The normalized spacial score (nSPS) is 45.9. The van der Waals surface area contributed by atoms with E-state index in [0.29, 0.717) is 35.4 Å². The van der Waals surface area contributed by atoms with Crippen molar-refractivity contribution in [3.05, 3.63) is 23.3 Å². The Morgan fingerprint density at radius 1 is 1.19 bits per heavy atom. The second kappa shape index (κ2) is 7.31. The Kier molecular flexibility index (Phi) is 5.17. The quantitative estimate of drug-likeness (QED) is 0.500. The van der Waals surface area contributed by atoms with Crippen molar-refractivity contribution in [3.8, 4) is 0 Å². The van der Waals surface area contributed by atoms with Crippen molar-refractivity contribution in [1.82, 2.24) is 0 Å². The lowest BCUT2D eigenvalue weighted by molar-refractivity contribution is -0.142. The molecule has 0 aromatic heterocycles. The van der Waals surface area contributed by atoms with Crippen LogP contribution in [-0.4, -0.2) is 17.0 Å². The maximum atomic E-state index is 12.8. The average molecular weight is 425 g/mol. The number of fused-ring (bicyclic) bond motifs is 6. The summed E-state index contributed by atoms with van der Waals surface area (Å²) in [5.41, 5.74) is 3.04. The predicted molar refractivity (Wildman–Crippen MR) is 126 cm³/mol. The fourth-order valence-electron chi connectivity index (χ4n) is 9.35. The fourth-order valence-corrected chi connectivity index (χ4v) is 9.35. The molecule has 0 bridgehead atoms. The lowest BCUT2D eigenvalue weighted by atomic mass is 9.45. The summed E-state index contributed by atoms with van der Waals surface area (Å²) in [5, 5.41) is 11.7. The van der Waals surface area contributed by atoms with Crippen LogP contribution in [0.5, 0.6) is 0 Å². The van der Waals surface area contributed by atoms with E-state index < -0.39 is 0 Å². The lowest BCUT2D eigenvalue weighted by Gasteiger charge is -2.60. The van der Waals surface area contributed by atoms with E-state index >= 15 is 0 Å². The number of ketones is 1. The van der Waals surface area contributed by atoms with Gasteiger partial charge in [-0.3, -0.25) is 4.79 Å². The van der Waals surface area contributed by atoms with Gasteiger partial charge in [-0.2, -0.15) is 0 Å². The molecule has 5 aliphatic rings. The van der Waals surface area contributed by atoms with Crippen molar-refractivity contribution in [2.45, 2.75) is 105 Å². The first kappa shape index (κ1) is 21.9. The van der Waals surface area contributed by atoms with Gasteiger partial charge in [0.2, 0.25) is 0 Å². The maximum Gasteiger partial charge on any atom is 0.143 e. The van der Waals surface area contributed by atoms with Gasteiger partial charge in [-0.1, -0.05) is 44.1 Å². The van der Waals surface area contributed by atoms with Crippen LogP contribution in [0.25, 0.3) is 0 Å². The van der Waals surface area contributed by atoms with E-state index in [2.05, 4.69) is 46.8 Å². The molecule has 1 spiro atoms. The summed E-state index contributed by atoms with van der Waals surface area (Å²) in [4.78, 5) is 12.8. The smallest absolute Gasteiger partial charge is 0.143 e. The molecule has 0 heterocycles. The van der Waals surface area contributed by atoms with Crippen molar-refractivity contribution in [3.63, 3.8) is 0 Å². The zero-order valence-corrected chi connectivity index (χ0v) is 20.5. The molecule has 5 rings (SSSR count). The molecule has 31 heavy (non-hydrogen) atoms. The largest absolute Gasteiger partial charge is 0.393 e. The molecular formula is C29H44O2. The molecule has 2 heteroatoms. The van der Waals surface area contributed by atoms with Crippen LogP contribution in [0.3, 0.4) is 0 Å². The van der Waals surface area contributed by atoms with Crippen molar-refractivity contribution < 1.29 is 9.90 Å². The van der Waals surface area contributed by atoms with Crippen molar-refractivity contribution >= 4 is 5.78 Å². The van der Waals surface area contributed by atoms with E-state index in [1.54, 1.807) is 0 Å². The number of allylic oxidation sites excluding steroid dienone is 4. The van der Waals surface area contributed by atoms with E-state index in [9.17, 15) is 9.90 Å². The van der Waals surface area contributed by atoms with Crippen LogP contribution in [0.4, 0.5) is 0 Å². The van der Waals surface area contributed by atoms with Crippen LogP contribution in [0.15, 0.2) is 23.3 Å². The highest BCUT2D eigenvalue weighted by Gasteiger charge is 2.67. The van der Waals surface area contributed by atoms with Gasteiger partial charge in [0.1, 0.15) is 5.78 Å². The molecule has 5 aliphatic carbocycles. The third-order valence-electron chi connectivity index (χ3n) is 11.2. The molecule has 0 amide bonds. The number of carbonyl (C=O) groups is 1. The summed E-state index contributed by atoms with van der Waals surface area (Å²) < 4.78 is 0. The Labute approximate surface area is 190 Å². The molecule has 0 aliphatic heterocycles. The van der Waals surface area contributed by atoms with Crippen LogP contribution in [-0.2, 0) is 4.79 Å². The first-order chi connectivity index (χ1) is 14.6. The minimum atomic E-state index is -0.193. The first-order valence-corrected chi connectivity index (χ1v) is 13.2. The Balaban J connectivity index is 1.42. The maximum absolute atomic E-state index is 12.8. The molecule has 8 atom stereocenters. The molecule has 0 aromatic carbocycles. The third kappa shape index (κ3) is 3.02. The molecule has 172 valence electrons. The topological polar surface area (TPSA) is 37.3 Å². The summed E-state index contributed by atoms with van der Waals surface area (Å²) in [6.45, 7) is 11.7. The number of aliphatic hydroxyl groups excluding tert-OH is 1. The van der Waals surface area contributed by atoms with Gasteiger partial charge in [0, 0.05) is 6.42 Å². The second-order valence-corrected chi connectivity index (χ2v) is 12.8. The third-order valence-corrected chi connectivity index (χ3v) is 11.2. The highest BCUT2D eigenvalue weighted by atomic mass is 16.3. The first-order valence-electron chi connectivity index (χ1n) is 13.2. The van der Waals surface area contributed by atoms with Gasteiger partial charge in [-0.15, -0.1) is 0 Å². The predicted octanol–water partition coefficient (Wildman–Crippen LogP) is 6.88. The number of Topliss-reactive ketones (excluding diaryl/α,β-unsaturated/α-hetero) is 1. The Bertz CT molecular complexity index is 813. The lowest BCUT2D eigenvalue weighted by Crippen LogP contribution is -2.57. The molecule has 2 nitrogen and oxygen atoms in total. The number of carbonyl (C=O) groups excluding carboxylic acids is 1. The van der Waals surface area contributed by atoms with Crippen LogP contribution in [0, 0.1) is 45.8 Å². The van der Waals surface area contributed by atoms with Crippen LogP contribution < -0.4 is 0 Å². The molecule has 1 N–H and O–H groups in total. The second-order valence-electron chi connectivity index (χ2n) is 12.8. The van der Waals surface area contributed by atoms with Gasteiger partial charge in [0.05, 0.1) is 11.5 Å². The summed E-state index contributed by atoms with van der Waals surface area (Å²) in [6, 6.07) is 0. The van der Waals surface area contributed by atoms with Crippen LogP contribution >= 0.6 is 0 Å². The van der Waals surface area contributed by atoms with E-state index in [-0.39, 0.29) is 22.3 Å². The van der Waals surface area contributed by atoms with Crippen molar-refractivity contribution in [2.24, 2.45) is 45.8 Å². The van der Waals surface area contributed by atoms with Gasteiger partial charge >= 0.3 is 0 Å². The molecule has 0 aromatic rings. The molecule has 0 saturated heterocycles. The molecule has 0 unspecified atom stereocenters. The minimum Gasteiger partial charge on any atom is -0.393 e. The summed E-state index contributed by atoms with van der Waals surface area (Å²) in [7, 11) is 0. The summed E-state index contributed by atoms with van der Waals surface area (Å²) in [5.74, 6) is 3.72. The Morgan fingerprint density at radius 2 is 1.94 bits per heavy atom. The van der Waals surface area contributed by atoms with Gasteiger partial charge in [-0.25, -0.2) is 0 Å². The molecule has 4 saturated carbocycles. The average Bonchev–Trinajstić information content (AvgIpc) is 3.42. The number of hydrogen-bond acceptors (Lipinski definition) is 2. The van der Waals surface area contributed by atoms with E-state index in [1.807, 2.05) is 0 Å². The van der Waals surface area contributed by atoms with E-state index in [4.69, 9.17) is 0 Å². The molecule has 0 radical (unpaired) electrons. The SMILES string of the molecule is CC(C)=CCC[C@@H](C)[C@H]1CC[C@H]2[C@@H]3CC=C4C5(CC5)C(=O)CC[C@]4(C)[C@H]3C[C@@H](O)[C@]12C. The molecular weight excluding hydrogens is 380 g/mol. The fraction of sp³-hybridized carbons (Fsp3) is 0.828. The summed E-state index contributed by atoms with van der Waals surface area (Å²) >= 11 is 0. The van der Waals surface area contributed by atoms with Crippen LogP contribution in [0.2, 0.25) is 0 Å². The van der Waals surface area contributed by atoms with Crippen molar-refractivity contribution in [2.75, 3.05) is 0 Å². The number of rotatable bonds is 4. The number of hydrogen-bond donors (Lipinski definition) is 1. The Hall–Kier alpha value is -0.890. The number of aliphatic hydroxyl groups is 1. The van der Waals surface area contributed by atoms with Crippen molar-refractivity contribution in [1.29, 1.82) is 0 Å². The van der Waals surface area contributed by atoms with Crippen LogP contribution in [0.1, 0.15) is 98.8 Å². The van der Waals surface area contributed by atoms with Gasteiger partial charge in [0.25, 0.3) is 0 Å². The van der Waals surface area contributed by atoms with E-state index in [0.717, 1.165) is 38.5 Å².